The van der Waals surface area contributed by atoms with E-state index >= 15 is 0 Å². The van der Waals surface area contributed by atoms with Gasteiger partial charge in [0.15, 0.2) is 0 Å². The van der Waals surface area contributed by atoms with Crippen molar-refractivity contribution in [3.05, 3.63) is 58.7 Å². The van der Waals surface area contributed by atoms with Gasteiger partial charge in [-0.25, -0.2) is 14.7 Å². The molecule has 7 nitrogen and oxygen atoms in total. The van der Waals surface area contributed by atoms with Crippen LogP contribution in [0.25, 0.3) is 6.08 Å². The highest BCUT2D eigenvalue weighted by molar-refractivity contribution is 6.36. The predicted molar refractivity (Wildman–Crippen MR) is 115 cm³/mol. The second-order valence-corrected chi connectivity index (χ2v) is 8.12. The number of methoxy groups -OCH3 is 1. The van der Waals surface area contributed by atoms with E-state index < -0.39 is 17.8 Å². The second-order valence-electron chi connectivity index (χ2n) is 8.12. The van der Waals surface area contributed by atoms with Gasteiger partial charge in [0.2, 0.25) is 0 Å². The van der Waals surface area contributed by atoms with E-state index in [1.165, 1.54) is 28.8 Å². The largest absolute Gasteiger partial charge is 0.858 e. The first-order valence-electron chi connectivity index (χ1n) is 10.6. The van der Waals surface area contributed by atoms with Crippen LogP contribution in [0.1, 0.15) is 29.5 Å². The molecule has 0 saturated carbocycles. The van der Waals surface area contributed by atoms with Crippen LogP contribution in [0, 0.1) is 0 Å². The average molecular weight is 417 g/mol. The number of quaternary nitrogens is 1. The summed E-state index contributed by atoms with van der Waals surface area (Å²) in [5, 5.41) is 12.5. The summed E-state index contributed by atoms with van der Waals surface area (Å²) in [6, 6.07) is 9.76. The highest BCUT2D eigenvalue weighted by Crippen LogP contribution is 2.30. The van der Waals surface area contributed by atoms with Crippen molar-refractivity contribution in [1.82, 2.24) is 0 Å². The highest BCUT2D eigenvalue weighted by Gasteiger charge is 2.32. The summed E-state index contributed by atoms with van der Waals surface area (Å²) in [4.78, 5) is 31.6. The van der Waals surface area contributed by atoms with Crippen LogP contribution in [-0.2, 0) is 17.6 Å². The maximum atomic E-state index is 13.1. The monoisotopic (exact) mass is 417 g/mol. The molecule has 0 fully saturated rings. The van der Waals surface area contributed by atoms with Gasteiger partial charge in [-0.3, -0.25) is 4.79 Å². The summed E-state index contributed by atoms with van der Waals surface area (Å²) in [7, 11) is 1.54. The highest BCUT2D eigenvalue weighted by atomic mass is 16.5. The van der Waals surface area contributed by atoms with Gasteiger partial charge < -0.3 is 14.7 Å². The molecule has 5 rings (SSSR count). The lowest BCUT2D eigenvalue weighted by Gasteiger charge is -2.32. The summed E-state index contributed by atoms with van der Waals surface area (Å²) in [6.07, 6.45) is 5.86. The molecule has 2 aromatic rings. The van der Waals surface area contributed by atoms with E-state index in [0.29, 0.717) is 11.4 Å². The number of hydrogen-bond acceptors (Lipinski definition) is 4. The number of imide groups is 1. The topological polar surface area (TPSA) is 86.5 Å². The summed E-state index contributed by atoms with van der Waals surface area (Å²) in [6.45, 7) is 2.32. The van der Waals surface area contributed by atoms with Gasteiger partial charge in [-0.05, 0) is 60.9 Å². The molecule has 0 unspecified atom stereocenters. The van der Waals surface area contributed by atoms with Crippen LogP contribution in [0.3, 0.4) is 0 Å². The quantitative estimate of drug-likeness (QED) is 0.766. The van der Waals surface area contributed by atoms with Gasteiger partial charge in [0.1, 0.15) is 11.4 Å². The van der Waals surface area contributed by atoms with Crippen LogP contribution >= 0.6 is 0 Å². The van der Waals surface area contributed by atoms with Crippen molar-refractivity contribution in [2.45, 2.75) is 25.7 Å². The first-order chi connectivity index (χ1) is 15.0. The van der Waals surface area contributed by atoms with Gasteiger partial charge in [-0.1, -0.05) is 0 Å². The summed E-state index contributed by atoms with van der Waals surface area (Å²) in [5.41, 5.74) is 5.05. The fourth-order valence-electron chi connectivity index (χ4n) is 4.83. The van der Waals surface area contributed by atoms with Crippen molar-refractivity contribution in [2.24, 2.45) is 4.99 Å². The molecular weight excluding hydrogens is 394 g/mol. The second kappa shape index (κ2) is 7.67. The third-order valence-corrected chi connectivity index (χ3v) is 6.22. The fourth-order valence-corrected chi connectivity index (χ4v) is 4.83. The molecule has 0 bridgehead atoms. The normalized spacial score (nSPS) is 20.0. The van der Waals surface area contributed by atoms with Gasteiger partial charge in [-0.2, -0.15) is 0 Å². The standard InChI is InChI=1S/C24H23N3O4/c1-31-19-8-6-18(7-9-19)27-23(29)20(22(28)25-24(27)30)14-15-12-16-4-2-10-26-11-3-5-17(13-15)21(16)26/h6-9,12-14H,2-5,10-11H2,1H3,(H,25,28,30)/b20-14-. The predicted octanol–water partition coefficient (Wildman–Crippen LogP) is 1.41. The number of aryl methyl sites for hydroxylation is 2. The molecular formula is C24H23N3O4. The van der Waals surface area contributed by atoms with E-state index in [1.54, 1.807) is 30.3 Å². The smallest absolute Gasteiger partial charge is 0.354 e. The Labute approximate surface area is 180 Å². The Morgan fingerprint density at radius 1 is 1.06 bits per heavy atom. The Morgan fingerprint density at radius 2 is 1.71 bits per heavy atom. The number of rotatable bonds is 3. The first kappa shape index (κ1) is 19.5. The molecule has 0 spiro atoms. The minimum atomic E-state index is -0.878. The zero-order valence-electron chi connectivity index (χ0n) is 17.3. The molecule has 7 heteroatoms. The van der Waals surface area contributed by atoms with Crippen molar-refractivity contribution in [3.63, 3.8) is 0 Å². The lowest BCUT2D eigenvalue weighted by atomic mass is 9.89. The van der Waals surface area contributed by atoms with E-state index in [1.807, 2.05) is 0 Å². The number of carbonyl (C=O) groups excluding carboxylic acids is 2. The van der Waals surface area contributed by atoms with E-state index in [0.717, 1.165) is 49.2 Å². The molecule has 3 heterocycles. The Morgan fingerprint density at radius 3 is 2.32 bits per heavy atom. The number of anilines is 1. The van der Waals surface area contributed by atoms with Gasteiger partial charge in [0.25, 0.3) is 5.91 Å². The molecule has 2 aromatic carbocycles. The maximum Gasteiger partial charge on any atom is 0.354 e. The molecule has 3 aliphatic rings. The Hall–Kier alpha value is -3.45. The van der Waals surface area contributed by atoms with E-state index in [-0.39, 0.29) is 5.57 Å². The number of nitrogens with one attached hydrogen (secondary N) is 1. The SMILES string of the molecule is COc1ccc(N2C(=O)N=C([O-])/C(=C/c3cc4c5c(c3)CCC[NH+]5CCC4)C2=O)cc1. The summed E-state index contributed by atoms with van der Waals surface area (Å²) >= 11 is 0. The zero-order chi connectivity index (χ0) is 21.5. The number of aliphatic imine (C=N–C) groups is 1. The summed E-state index contributed by atoms with van der Waals surface area (Å²) in [5.74, 6) is -0.851. The molecule has 3 amide bonds. The molecule has 158 valence electrons. The van der Waals surface area contributed by atoms with Crippen molar-refractivity contribution in [3.8, 4) is 5.75 Å². The van der Waals surface area contributed by atoms with Gasteiger partial charge in [0, 0.05) is 29.9 Å². The van der Waals surface area contributed by atoms with Crippen LogP contribution < -0.4 is 19.6 Å². The fraction of sp³-hybridized carbons (Fsp3) is 0.292. The first-order valence-corrected chi connectivity index (χ1v) is 10.6. The maximum absolute atomic E-state index is 13.1. The number of benzene rings is 2. The molecule has 0 aliphatic carbocycles. The number of urea groups is 1. The number of nitrogens with zero attached hydrogens (tertiary/aromatic N) is 2. The molecule has 0 radical (unpaired) electrons. The van der Waals surface area contributed by atoms with Crippen molar-refractivity contribution >= 4 is 35.3 Å². The van der Waals surface area contributed by atoms with Crippen LogP contribution in [0.4, 0.5) is 16.2 Å². The number of ether oxygens (including phenoxy) is 1. The molecule has 3 aliphatic heterocycles. The minimum Gasteiger partial charge on any atom is -0.858 e. The third kappa shape index (κ3) is 3.41. The Bertz CT molecular complexity index is 1100. The van der Waals surface area contributed by atoms with Crippen LogP contribution in [0.5, 0.6) is 5.75 Å². The van der Waals surface area contributed by atoms with E-state index in [9.17, 15) is 14.7 Å². The molecule has 1 N–H and O–H groups in total. The molecule has 0 saturated heterocycles. The lowest BCUT2D eigenvalue weighted by Crippen LogP contribution is -3.09. The van der Waals surface area contributed by atoms with Crippen molar-refractivity contribution < 1.29 is 24.3 Å². The molecule has 31 heavy (non-hydrogen) atoms. The van der Waals surface area contributed by atoms with Crippen molar-refractivity contribution in [1.29, 1.82) is 0 Å². The molecule has 0 aromatic heterocycles. The van der Waals surface area contributed by atoms with Crippen LogP contribution in [-0.4, -0.2) is 38.0 Å². The number of hydrogen-bond donors (Lipinski definition) is 1. The molecule has 0 atom stereocenters. The number of carbonyl (C=O) groups is 2. The van der Waals surface area contributed by atoms with Crippen molar-refractivity contribution in [2.75, 3.05) is 25.1 Å². The van der Waals surface area contributed by atoms with Crippen LogP contribution in [0.15, 0.2) is 47.0 Å². The van der Waals surface area contributed by atoms with E-state index in [4.69, 9.17) is 4.74 Å². The average Bonchev–Trinajstić information content (AvgIpc) is 2.77. The minimum absolute atomic E-state index is 0.0987. The Balaban J connectivity index is 1.54. The van der Waals surface area contributed by atoms with Gasteiger partial charge in [0.05, 0.1) is 31.5 Å². The van der Waals surface area contributed by atoms with E-state index in [2.05, 4.69) is 17.1 Å². The lowest BCUT2D eigenvalue weighted by molar-refractivity contribution is -0.838. The van der Waals surface area contributed by atoms with Gasteiger partial charge in [-0.15, -0.1) is 0 Å². The zero-order valence-corrected chi connectivity index (χ0v) is 17.3. The summed E-state index contributed by atoms with van der Waals surface area (Å²) < 4.78 is 5.13. The van der Waals surface area contributed by atoms with Gasteiger partial charge >= 0.3 is 6.03 Å². The third-order valence-electron chi connectivity index (χ3n) is 6.22. The number of amides is 3. The Kier molecular flexibility index (Phi) is 4.82. The van der Waals surface area contributed by atoms with Crippen LogP contribution in [0.2, 0.25) is 0 Å².